The zero-order chi connectivity index (χ0) is 19.5. The van der Waals surface area contributed by atoms with Crippen LogP contribution in [0.2, 0.25) is 5.02 Å². The Morgan fingerprint density at radius 3 is 2.42 bits per heavy atom. The maximum atomic E-state index is 13.9. The molecule has 0 aliphatic rings. The Kier molecular flexibility index (Phi) is 6.79. The van der Waals surface area contributed by atoms with E-state index in [2.05, 4.69) is 21.2 Å². The molecule has 0 bridgehead atoms. The molecule has 1 N–H and O–H groups in total. The molecule has 9 heteroatoms. The van der Waals surface area contributed by atoms with Crippen LogP contribution >= 0.6 is 27.5 Å². The molecule has 0 saturated heterocycles. The van der Waals surface area contributed by atoms with Gasteiger partial charge in [-0.3, -0.25) is 4.79 Å². The molecule has 5 nitrogen and oxygen atoms in total. The summed E-state index contributed by atoms with van der Waals surface area (Å²) >= 11 is 9.18. The molecule has 0 fully saturated rings. The Balaban J connectivity index is 2.38. The average Bonchev–Trinajstić information content (AvgIpc) is 2.58. The van der Waals surface area contributed by atoms with Crippen LogP contribution in [0.1, 0.15) is 24.2 Å². The summed E-state index contributed by atoms with van der Waals surface area (Å²) in [4.78, 5) is 12.2. The first-order valence-corrected chi connectivity index (χ1v) is 10.4. The molecule has 0 spiro atoms. The zero-order valence-corrected chi connectivity index (χ0v) is 17.3. The van der Waals surface area contributed by atoms with Crippen molar-refractivity contribution in [3.8, 4) is 0 Å². The summed E-state index contributed by atoms with van der Waals surface area (Å²) < 4.78 is 41.0. The number of benzene rings is 2. The normalized spacial score (nSPS) is 11.6. The van der Waals surface area contributed by atoms with Gasteiger partial charge in [0.25, 0.3) is 5.91 Å². The van der Waals surface area contributed by atoms with Crippen LogP contribution in [0.25, 0.3) is 0 Å². The minimum atomic E-state index is -3.83. The lowest BCUT2D eigenvalue weighted by molar-refractivity contribution is 0.102. The van der Waals surface area contributed by atoms with Gasteiger partial charge in [0.1, 0.15) is 10.7 Å². The number of amides is 1. The fourth-order valence-corrected chi connectivity index (χ4v) is 4.62. The summed E-state index contributed by atoms with van der Waals surface area (Å²) in [6.45, 7) is 3.97. The number of nitrogens with one attached hydrogen (secondary N) is 1. The van der Waals surface area contributed by atoms with E-state index in [0.717, 1.165) is 0 Å². The van der Waals surface area contributed by atoms with Crippen molar-refractivity contribution in [2.45, 2.75) is 18.7 Å². The first-order valence-electron chi connectivity index (χ1n) is 7.76. The number of carbonyl (C=O) groups is 1. The first kappa shape index (κ1) is 20.8. The van der Waals surface area contributed by atoms with Crippen molar-refractivity contribution in [3.05, 3.63) is 57.3 Å². The minimum absolute atomic E-state index is 0.0127. The summed E-state index contributed by atoms with van der Waals surface area (Å²) in [6.07, 6.45) is 0. The van der Waals surface area contributed by atoms with Gasteiger partial charge in [0.15, 0.2) is 0 Å². The maximum Gasteiger partial charge on any atom is 0.255 e. The monoisotopic (exact) mass is 462 g/mol. The van der Waals surface area contributed by atoms with Gasteiger partial charge in [-0.05, 0) is 36.4 Å². The highest BCUT2D eigenvalue weighted by atomic mass is 79.9. The first-order chi connectivity index (χ1) is 12.2. The fraction of sp³-hybridized carbons (Fsp3) is 0.235. The molecular formula is C17H17BrClFN2O3S. The summed E-state index contributed by atoms with van der Waals surface area (Å²) in [5, 5.41) is 2.44. The van der Waals surface area contributed by atoms with Crippen molar-refractivity contribution in [2.24, 2.45) is 0 Å². The zero-order valence-electron chi connectivity index (χ0n) is 14.1. The molecule has 0 aromatic heterocycles. The van der Waals surface area contributed by atoms with Gasteiger partial charge in [0.05, 0.1) is 10.7 Å². The summed E-state index contributed by atoms with van der Waals surface area (Å²) in [5.41, 5.74) is 0.0451. The molecule has 2 rings (SSSR count). The van der Waals surface area contributed by atoms with Gasteiger partial charge in [0.2, 0.25) is 10.0 Å². The minimum Gasteiger partial charge on any atom is -0.319 e. The Bertz CT molecular complexity index is 934. The number of hydrogen-bond donors (Lipinski definition) is 1. The van der Waals surface area contributed by atoms with Gasteiger partial charge in [0, 0.05) is 23.1 Å². The summed E-state index contributed by atoms with van der Waals surface area (Å²) in [7, 11) is -3.83. The standard InChI is InChI=1S/C17H17BrClFN2O3S/c1-3-22(4-2)26(24,25)16-9-11(5-7-13(16)19)17(23)21-15-8-6-12(18)10-14(15)20/h5-10H,3-4H2,1-2H3,(H,21,23). The molecule has 0 aliphatic carbocycles. The van der Waals surface area contributed by atoms with Crippen molar-refractivity contribution in [1.82, 2.24) is 4.31 Å². The van der Waals surface area contributed by atoms with Crippen LogP contribution in [0, 0.1) is 5.82 Å². The Morgan fingerprint density at radius 1 is 1.19 bits per heavy atom. The van der Waals surface area contributed by atoms with Crippen molar-refractivity contribution >= 4 is 49.1 Å². The van der Waals surface area contributed by atoms with Crippen LogP contribution in [-0.2, 0) is 10.0 Å². The predicted octanol–water partition coefficient (Wildman–Crippen LogP) is 4.52. The molecule has 140 valence electrons. The average molecular weight is 464 g/mol. The van der Waals surface area contributed by atoms with E-state index in [4.69, 9.17) is 11.6 Å². The molecule has 0 heterocycles. The molecule has 0 aliphatic heterocycles. The van der Waals surface area contributed by atoms with E-state index in [9.17, 15) is 17.6 Å². The van der Waals surface area contributed by atoms with Crippen molar-refractivity contribution in [1.29, 1.82) is 0 Å². The lowest BCUT2D eigenvalue weighted by Gasteiger charge is -2.19. The highest BCUT2D eigenvalue weighted by Crippen LogP contribution is 2.27. The molecule has 1 amide bonds. The number of hydrogen-bond acceptors (Lipinski definition) is 3. The molecule has 26 heavy (non-hydrogen) atoms. The van der Waals surface area contributed by atoms with E-state index < -0.39 is 21.7 Å². The smallest absolute Gasteiger partial charge is 0.255 e. The second kappa shape index (κ2) is 8.47. The number of sulfonamides is 1. The second-order valence-electron chi connectivity index (χ2n) is 5.31. The van der Waals surface area contributed by atoms with Gasteiger partial charge < -0.3 is 5.32 Å². The number of halogens is 3. The Hall–Kier alpha value is -1.48. The van der Waals surface area contributed by atoms with Gasteiger partial charge in [-0.15, -0.1) is 0 Å². The van der Waals surface area contributed by atoms with Crippen molar-refractivity contribution < 1.29 is 17.6 Å². The van der Waals surface area contributed by atoms with E-state index in [1.807, 2.05) is 0 Å². The van der Waals surface area contributed by atoms with Crippen LogP contribution in [0.4, 0.5) is 10.1 Å². The van der Waals surface area contributed by atoms with E-state index in [1.54, 1.807) is 19.9 Å². The molecule has 0 saturated carbocycles. The number of nitrogens with zero attached hydrogens (tertiary/aromatic N) is 1. The van der Waals surface area contributed by atoms with Crippen LogP contribution in [0.15, 0.2) is 45.8 Å². The summed E-state index contributed by atoms with van der Waals surface area (Å²) in [6, 6.07) is 8.12. The lowest BCUT2D eigenvalue weighted by Crippen LogP contribution is -2.31. The largest absolute Gasteiger partial charge is 0.319 e. The number of anilines is 1. The molecule has 0 radical (unpaired) electrons. The van der Waals surface area contributed by atoms with Crippen molar-refractivity contribution in [3.63, 3.8) is 0 Å². The Morgan fingerprint density at radius 2 is 1.85 bits per heavy atom. The third-order valence-corrected chi connectivity index (χ3v) is 6.72. The molecule has 0 atom stereocenters. The van der Waals surface area contributed by atoms with Crippen LogP contribution in [0.5, 0.6) is 0 Å². The SMILES string of the molecule is CCN(CC)S(=O)(=O)c1cc(C(=O)Nc2ccc(Br)cc2F)ccc1Cl. The third kappa shape index (κ3) is 4.43. The second-order valence-corrected chi connectivity index (χ2v) is 8.54. The van der Waals surface area contributed by atoms with Gasteiger partial charge in [-0.1, -0.05) is 41.4 Å². The third-order valence-electron chi connectivity index (χ3n) is 3.70. The van der Waals surface area contributed by atoms with Crippen LogP contribution in [0.3, 0.4) is 0 Å². The van der Waals surface area contributed by atoms with Gasteiger partial charge >= 0.3 is 0 Å². The quantitative estimate of drug-likeness (QED) is 0.685. The predicted molar refractivity (Wildman–Crippen MR) is 104 cm³/mol. The highest BCUT2D eigenvalue weighted by Gasteiger charge is 2.25. The number of carbonyl (C=O) groups excluding carboxylic acids is 1. The topological polar surface area (TPSA) is 66.5 Å². The van der Waals surface area contributed by atoms with E-state index in [0.29, 0.717) is 4.47 Å². The van der Waals surface area contributed by atoms with E-state index >= 15 is 0 Å². The molecule has 2 aromatic rings. The fourth-order valence-electron chi connectivity index (χ4n) is 2.33. The molecular weight excluding hydrogens is 447 g/mol. The summed E-state index contributed by atoms with van der Waals surface area (Å²) in [5.74, 6) is -1.25. The van der Waals surface area contributed by atoms with E-state index in [1.165, 1.54) is 34.6 Å². The van der Waals surface area contributed by atoms with Gasteiger partial charge in [-0.2, -0.15) is 4.31 Å². The van der Waals surface area contributed by atoms with E-state index in [-0.39, 0.29) is 34.3 Å². The van der Waals surface area contributed by atoms with Gasteiger partial charge in [-0.25, -0.2) is 12.8 Å². The highest BCUT2D eigenvalue weighted by molar-refractivity contribution is 9.10. The lowest BCUT2D eigenvalue weighted by atomic mass is 10.2. The van der Waals surface area contributed by atoms with Crippen LogP contribution in [-0.4, -0.2) is 31.7 Å². The Labute approximate surface area is 165 Å². The molecule has 0 unspecified atom stereocenters. The number of rotatable bonds is 6. The van der Waals surface area contributed by atoms with Crippen molar-refractivity contribution in [2.75, 3.05) is 18.4 Å². The maximum absolute atomic E-state index is 13.9. The molecule has 2 aromatic carbocycles. The van der Waals surface area contributed by atoms with Crippen LogP contribution < -0.4 is 5.32 Å².